The molecular formula is C35H34IrN2OSi-2. The number of rotatable bonds is 4. The van der Waals surface area contributed by atoms with Gasteiger partial charge in [0.2, 0.25) is 0 Å². The molecule has 0 amide bonds. The van der Waals surface area contributed by atoms with Gasteiger partial charge in [0.1, 0.15) is 5.58 Å². The molecule has 0 spiro atoms. The largest absolute Gasteiger partial charge is 0.501 e. The number of hydrogen-bond donors (Lipinski definition) is 0. The zero-order valence-corrected chi connectivity index (χ0v) is 27.3. The molecule has 0 atom stereocenters. The van der Waals surface area contributed by atoms with E-state index in [9.17, 15) is 0 Å². The second kappa shape index (κ2) is 12.4. The second-order valence-corrected chi connectivity index (χ2v) is 16.0. The van der Waals surface area contributed by atoms with E-state index in [0.29, 0.717) is 0 Å². The maximum absolute atomic E-state index is 6.35. The first-order valence-corrected chi connectivity index (χ1v) is 17.0. The molecule has 1 radical (unpaired) electrons. The second-order valence-electron chi connectivity index (χ2n) is 10.9. The van der Waals surface area contributed by atoms with Crippen molar-refractivity contribution in [2.45, 2.75) is 46.8 Å². The van der Waals surface area contributed by atoms with Crippen LogP contribution in [0.3, 0.4) is 0 Å². The number of fused-ring (bicyclic) bond motifs is 3. The monoisotopic (exact) mass is 719 g/mol. The summed E-state index contributed by atoms with van der Waals surface area (Å²) in [6.45, 7) is 13.5. The van der Waals surface area contributed by atoms with Crippen molar-refractivity contribution in [2.75, 3.05) is 0 Å². The van der Waals surface area contributed by atoms with Crippen molar-refractivity contribution in [1.29, 1.82) is 0 Å². The van der Waals surface area contributed by atoms with E-state index >= 15 is 0 Å². The van der Waals surface area contributed by atoms with Crippen LogP contribution in [-0.4, -0.2) is 18.0 Å². The number of furan rings is 1. The van der Waals surface area contributed by atoms with E-state index in [0.717, 1.165) is 40.1 Å². The summed E-state index contributed by atoms with van der Waals surface area (Å²) in [5.74, 6) is 0. The third kappa shape index (κ3) is 6.02. The molecule has 5 heteroatoms. The van der Waals surface area contributed by atoms with Gasteiger partial charge in [0.15, 0.2) is 0 Å². The summed E-state index contributed by atoms with van der Waals surface area (Å²) in [6.07, 6.45) is 4.77. The van der Waals surface area contributed by atoms with Crippen LogP contribution in [0.4, 0.5) is 0 Å². The van der Waals surface area contributed by atoms with Gasteiger partial charge in [-0.3, -0.25) is 0 Å². The van der Waals surface area contributed by atoms with Gasteiger partial charge in [-0.25, -0.2) is 0 Å². The maximum Gasteiger partial charge on any atom is 0.120 e. The van der Waals surface area contributed by atoms with Crippen molar-refractivity contribution in [2.24, 2.45) is 0 Å². The number of aryl methyl sites for hydroxylation is 2. The summed E-state index contributed by atoms with van der Waals surface area (Å²) in [6, 6.07) is 31.2. The first-order valence-electron chi connectivity index (χ1n) is 13.5. The molecule has 6 rings (SSSR count). The van der Waals surface area contributed by atoms with Gasteiger partial charge < -0.3 is 14.4 Å². The Morgan fingerprint density at radius 2 is 1.65 bits per heavy atom. The molecule has 0 saturated carbocycles. The van der Waals surface area contributed by atoms with Gasteiger partial charge in [-0.2, -0.15) is 0 Å². The molecule has 40 heavy (non-hydrogen) atoms. The fourth-order valence-electron chi connectivity index (χ4n) is 4.93. The van der Waals surface area contributed by atoms with Crippen molar-refractivity contribution in [1.82, 2.24) is 9.97 Å². The SMILES string of the molecule is CCc1ccnc(-c2[c-]cc([Si](C)(C)C)c3c2oc2ccccc23)c1C.Cc1ccc(-c2[c-]cccc2)nc1.[Ir]. The van der Waals surface area contributed by atoms with Crippen LogP contribution in [0.2, 0.25) is 19.6 Å². The molecular weight excluding hydrogens is 685 g/mol. The first kappa shape index (κ1) is 29.6. The number of nitrogens with zero attached hydrogens (tertiary/aromatic N) is 2. The van der Waals surface area contributed by atoms with Crippen LogP contribution >= 0.6 is 0 Å². The van der Waals surface area contributed by atoms with Crippen LogP contribution in [0.5, 0.6) is 0 Å². The molecule has 205 valence electrons. The molecule has 3 aromatic carbocycles. The number of pyridine rings is 2. The molecule has 0 aliphatic rings. The van der Waals surface area contributed by atoms with Gasteiger partial charge in [0, 0.05) is 46.0 Å². The Hall–Kier alpha value is -3.37. The van der Waals surface area contributed by atoms with E-state index in [1.807, 2.05) is 55.7 Å². The third-order valence-corrected chi connectivity index (χ3v) is 9.10. The fourth-order valence-corrected chi connectivity index (χ4v) is 6.43. The summed E-state index contributed by atoms with van der Waals surface area (Å²) >= 11 is 0. The predicted molar refractivity (Wildman–Crippen MR) is 166 cm³/mol. The van der Waals surface area contributed by atoms with E-state index in [4.69, 9.17) is 4.42 Å². The quantitative estimate of drug-likeness (QED) is 0.135. The van der Waals surface area contributed by atoms with Crippen molar-refractivity contribution in [3.8, 4) is 22.5 Å². The topological polar surface area (TPSA) is 38.9 Å². The minimum atomic E-state index is -1.55. The Labute approximate surface area is 252 Å². The Morgan fingerprint density at radius 1 is 0.875 bits per heavy atom. The van der Waals surface area contributed by atoms with Gasteiger partial charge in [-0.05, 0) is 49.4 Å². The van der Waals surface area contributed by atoms with Crippen molar-refractivity contribution >= 4 is 35.2 Å². The normalized spacial score (nSPS) is 11.2. The molecule has 0 N–H and O–H groups in total. The van der Waals surface area contributed by atoms with Gasteiger partial charge in [-0.1, -0.05) is 79.0 Å². The Bertz CT molecular complexity index is 1740. The zero-order valence-electron chi connectivity index (χ0n) is 23.9. The summed E-state index contributed by atoms with van der Waals surface area (Å²) in [7, 11) is -1.55. The molecule has 6 aromatic rings. The Morgan fingerprint density at radius 3 is 2.33 bits per heavy atom. The van der Waals surface area contributed by atoms with Crippen LogP contribution in [0.25, 0.3) is 44.5 Å². The van der Waals surface area contributed by atoms with Crippen LogP contribution in [0, 0.1) is 26.0 Å². The predicted octanol–water partition coefficient (Wildman–Crippen LogP) is 8.72. The van der Waals surface area contributed by atoms with Crippen LogP contribution in [0.1, 0.15) is 23.6 Å². The zero-order chi connectivity index (χ0) is 27.6. The number of hydrogen-bond acceptors (Lipinski definition) is 3. The molecule has 0 unspecified atom stereocenters. The summed E-state index contributed by atoms with van der Waals surface area (Å²) in [5.41, 5.74) is 9.56. The van der Waals surface area contributed by atoms with Crippen LogP contribution in [0.15, 0.2) is 89.6 Å². The van der Waals surface area contributed by atoms with E-state index in [-0.39, 0.29) is 20.1 Å². The number of benzene rings is 3. The number of para-hydroxylation sites is 1. The van der Waals surface area contributed by atoms with Gasteiger partial charge in [0.25, 0.3) is 0 Å². The fraction of sp³-hybridized carbons (Fsp3) is 0.200. The number of aromatic nitrogens is 2. The van der Waals surface area contributed by atoms with Gasteiger partial charge >= 0.3 is 0 Å². The van der Waals surface area contributed by atoms with Gasteiger partial charge in [-0.15, -0.1) is 53.2 Å². The van der Waals surface area contributed by atoms with Crippen molar-refractivity contribution in [3.05, 3.63) is 114 Å². The summed E-state index contributed by atoms with van der Waals surface area (Å²) in [5, 5.41) is 3.83. The minimum Gasteiger partial charge on any atom is -0.501 e. The molecule has 0 saturated heterocycles. The molecule has 0 fully saturated rings. The molecule has 3 aromatic heterocycles. The molecule has 3 heterocycles. The molecule has 0 aliphatic carbocycles. The smallest absolute Gasteiger partial charge is 0.120 e. The van der Waals surface area contributed by atoms with Gasteiger partial charge in [0.05, 0.1) is 5.58 Å². The summed E-state index contributed by atoms with van der Waals surface area (Å²) in [4.78, 5) is 9.01. The Balaban J connectivity index is 0.000000223. The molecule has 0 bridgehead atoms. The molecule has 0 aliphatic heterocycles. The van der Waals surface area contributed by atoms with E-state index < -0.39 is 8.07 Å². The molecule has 3 nitrogen and oxygen atoms in total. The van der Waals surface area contributed by atoms with Crippen LogP contribution < -0.4 is 5.19 Å². The average Bonchev–Trinajstić information content (AvgIpc) is 3.33. The Kier molecular flexibility index (Phi) is 9.20. The standard InChI is InChI=1S/C23H24NOSi.C12H10N.Ir/c1-6-16-13-14-24-22(15(16)2)18-11-12-20(26(3,4)5)21-17-9-7-8-10-19(17)25-23(18)21;1-10-7-8-12(13-9-10)11-5-3-2-4-6-11;/h7-10,12-14H,6H2,1-5H3;2-5,7-9H,1H3;/q2*-1;. The third-order valence-electron chi connectivity index (χ3n) is 7.09. The van der Waals surface area contributed by atoms with Crippen molar-refractivity contribution in [3.63, 3.8) is 0 Å². The van der Waals surface area contributed by atoms with E-state index in [1.54, 1.807) is 0 Å². The van der Waals surface area contributed by atoms with E-state index in [1.165, 1.54) is 32.6 Å². The minimum absolute atomic E-state index is 0. The van der Waals surface area contributed by atoms with E-state index in [2.05, 4.69) is 92.0 Å². The average molecular weight is 719 g/mol. The maximum atomic E-state index is 6.35. The first-order chi connectivity index (χ1) is 18.8. The summed E-state index contributed by atoms with van der Waals surface area (Å²) < 4.78 is 6.35. The van der Waals surface area contributed by atoms with Crippen molar-refractivity contribution < 1.29 is 24.5 Å². The van der Waals surface area contributed by atoms with Crippen LogP contribution in [-0.2, 0) is 26.5 Å².